The third-order valence-electron chi connectivity index (χ3n) is 22.0. The zero-order chi connectivity index (χ0) is 81.8. The van der Waals surface area contributed by atoms with Gasteiger partial charge in [-0.25, -0.2) is 9.13 Å². The van der Waals surface area contributed by atoms with Crippen molar-refractivity contribution in [2.24, 2.45) is 5.92 Å². The highest BCUT2D eigenvalue weighted by molar-refractivity contribution is 7.47. The predicted octanol–water partition coefficient (Wildman–Crippen LogP) is 29.1. The fourth-order valence-electron chi connectivity index (χ4n) is 14.7. The summed E-state index contributed by atoms with van der Waals surface area (Å²) >= 11 is 0. The van der Waals surface area contributed by atoms with Crippen LogP contribution in [0.5, 0.6) is 0 Å². The Morgan fingerprint density at radius 1 is 0.241 bits per heavy atom. The van der Waals surface area contributed by atoms with Crippen molar-refractivity contribution < 1.29 is 80.2 Å². The van der Waals surface area contributed by atoms with Crippen LogP contribution in [0.15, 0.2) is 0 Å². The van der Waals surface area contributed by atoms with E-state index >= 15 is 0 Å². The molecule has 0 radical (unpaired) electrons. The molecule has 0 amide bonds. The summed E-state index contributed by atoms with van der Waals surface area (Å²) in [5.74, 6) is -1.39. The average Bonchev–Trinajstić information content (AvgIpc) is 0.900. The van der Waals surface area contributed by atoms with E-state index in [0.29, 0.717) is 31.6 Å². The average molecular weight is 1630 g/mol. The van der Waals surface area contributed by atoms with Gasteiger partial charge in [0.2, 0.25) is 0 Å². The Balaban J connectivity index is 5.20. The van der Waals surface area contributed by atoms with Gasteiger partial charge in [-0.1, -0.05) is 458 Å². The van der Waals surface area contributed by atoms with Gasteiger partial charge in [0, 0.05) is 25.7 Å². The van der Waals surface area contributed by atoms with Crippen LogP contribution >= 0.6 is 15.6 Å². The van der Waals surface area contributed by atoms with Gasteiger partial charge in [0.1, 0.15) is 19.3 Å². The van der Waals surface area contributed by atoms with Gasteiger partial charge in [-0.2, -0.15) is 0 Å². The summed E-state index contributed by atoms with van der Waals surface area (Å²) in [6.45, 7) is 7.34. The van der Waals surface area contributed by atoms with E-state index in [1.54, 1.807) is 0 Å². The monoisotopic (exact) mass is 1630 g/mol. The largest absolute Gasteiger partial charge is 0.472 e. The lowest BCUT2D eigenvalue weighted by molar-refractivity contribution is -0.161. The molecule has 0 rings (SSSR count). The summed E-state index contributed by atoms with van der Waals surface area (Å²) in [5, 5.41) is 10.7. The Morgan fingerprint density at radius 2 is 0.411 bits per heavy atom. The van der Waals surface area contributed by atoms with E-state index in [0.717, 1.165) is 96.3 Å². The lowest BCUT2D eigenvalue weighted by Crippen LogP contribution is -2.30. The number of ether oxygens (including phenoxy) is 4. The second kappa shape index (κ2) is 85.5. The summed E-state index contributed by atoms with van der Waals surface area (Å²) in [6.07, 6.45) is 82.4. The molecule has 5 atom stereocenters. The SMILES string of the molecule is CCCCCCCCCCCCCCCCCCCCCCCCC(=O)O[C@H](COC(=O)CCCCCCCCCCCCCCCCCCCCCCC)COP(=O)(O)OC[C@@H](O)COP(=O)(O)OC[C@@H](COC(=O)CCCCCCCCCC(C)C)OC(=O)CCCCCCCCCCCCCCCCCCCCC. The first-order chi connectivity index (χ1) is 54.5. The lowest BCUT2D eigenvalue weighted by Gasteiger charge is -2.21. The number of aliphatic hydroxyl groups is 1. The molecule has 0 aliphatic rings. The molecule has 0 aromatic rings. The molecule has 112 heavy (non-hydrogen) atoms. The third kappa shape index (κ3) is 85.9. The van der Waals surface area contributed by atoms with Crippen molar-refractivity contribution in [1.82, 2.24) is 0 Å². The van der Waals surface area contributed by atoms with Crippen LogP contribution in [0.3, 0.4) is 0 Å². The molecule has 0 aliphatic heterocycles. The summed E-state index contributed by atoms with van der Waals surface area (Å²) in [5.41, 5.74) is 0. The maximum absolute atomic E-state index is 13.2. The molecule has 0 bridgehead atoms. The summed E-state index contributed by atoms with van der Waals surface area (Å²) < 4.78 is 69.1. The van der Waals surface area contributed by atoms with Crippen LogP contribution in [-0.2, 0) is 65.4 Å². The van der Waals surface area contributed by atoms with Crippen molar-refractivity contribution >= 4 is 39.5 Å². The van der Waals surface area contributed by atoms with Crippen LogP contribution in [0.4, 0.5) is 0 Å². The molecule has 17 nitrogen and oxygen atoms in total. The molecule has 3 N–H and O–H groups in total. The van der Waals surface area contributed by atoms with Gasteiger partial charge in [0.15, 0.2) is 12.2 Å². The Bertz CT molecular complexity index is 2120. The predicted molar refractivity (Wildman–Crippen MR) is 465 cm³/mol. The smallest absolute Gasteiger partial charge is 0.462 e. The summed E-state index contributed by atoms with van der Waals surface area (Å²) in [4.78, 5) is 73.4. The normalized spacial score (nSPS) is 13.7. The van der Waals surface area contributed by atoms with Gasteiger partial charge < -0.3 is 33.8 Å². The van der Waals surface area contributed by atoms with Crippen LogP contribution < -0.4 is 0 Å². The van der Waals surface area contributed by atoms with Gasteiger partial charge in [-0.3, -0.25) is 37.3 Å². The first-order valence-corrected chi connectivity index (χ1v) is 51.1. The van der Waals surface area contributed by atoms with E-state index in [2.05, 4.69) is 34.6 Å². The first kappa shape index (κ1) is 110. The number of unbranched alkanes of at least 4 members (excludes halogenated alkanes) is 65. The van der Waals surface area contributed by atoms with E-state index in [4.69, 9.17) is 37.0 Å². The Kier molecular flexibility index (Phi) is 84.0. The zero-order valence-corrected chi connectivity index (χ0v) is 75.6. The number of hydrogen-bond donors (Lipinski definition) is 3. The van der Waals surface area contributed by atoms with Crippen molar-refractivity contribution in [3.05, 3.63) is 0 Å². The molecule has 0 aromatic carbocycles. The second-order valence-electron chi connectivity index (χ2n) is 33.9. The maximum atomic E-state index is 13.2. The van der Waals surface area contributed by atoms with Crippen LogP contribution in [0, 0.1) is 5.92 Å². The van der Waals surface area contributed by atoms with Crippen molar-refractivity contribution in [3.63, 3.8) is 0 Å². The topological polar surface area (TPSA) is 237 Å². The summed E-state index contributed by atoms with van der Waals surface area (Å²) in [7, 11) is -9.94. The van der Waals surface area contributed by atoms with E-state index in [9.17, 15) is 43.2 Å². The summed E-state index contributed by atoms with van der Waals surface area (Å²) in [6, 6.07) is 0. The van der Waals surface area contributed by atoms with Crippen LogP contribution in [0.2, 0.25) is 0 Å². The van der Waals surface area contributed by atoms with Gasteiger partial charge in [-0.05, 0) is 31.6 Å². The molecule has 0 saturated heterocycles. The highest BCUT2D eigenvalue weighted by atomic mass is 31.2. The van der Waals surface area contributed by atoms with Crippen molar-refractivity contribution in [3.8, 4) is 0 Å². The number of hydrogen-bond acceptors (Lipinski definition) is 15. The molecule has 19 heteroatoms. The molecular weight excluding hydrogens is 1450 g/mol. The van der Waals surface area contributed by atoms with Crippen LogP contribution in [0.1, 0.15) is 510 Å². The molecule has 666 valence electrons. The van der Waals surface area contributed by atoms with Crippen LogP contribution in [0.25, 0.3) is 0 Å². The highest BCUT2D eigenvalue weighted by Gasteiger charge is 2.31. The van der Waals surface area contributed by atoms with Crippen molar-refractivity contribution in [2.75, 3.05) is 39.6 Å². The quantitative estimate of drug-likeness (QED) is 0.0222. The van der Waals surface area contributed by atoms with Crippen molar-refractivity contribution in [1.29, 1.82) is 0 Å². The number of phosphoric acid groups is 2. The minimum atomic E-state index is -4.97. The highest BCUT2D eigenvalue weighted by Crippen LogP contribution is 2.45. The Morgan fingerprint density at radius 3 is 0.607 bits per heavy atom. The van der Waals surface area contributed by atoms with Crippen molar-refractivity contribution in [2.45, 2.75) is 528 Å². The molecular formula is C93H182O17P2. The minimum absolute atomic E-state index is 0.108. The molecule has 0 heterocycles. The first-order valence-electron chi connectivity index (χ1n) is 48.1. The Hall–Kier alpha value is -1.94. The standard InChI is InChI=1S/C93H182O17P2/c1-6-9-12-15-18-21-24-27-30-33-36-38-40-43-46-49-52-55-58-63-69-73-78-92(97)109-88(82-103-90(95)76-71-66-61-56-53-50-47-44-42-39-37-34-31-28-25-22-19-16-13-10-7-2)84-107-111(99,100)105-80-87(94)81-106-112(101,102)108-85-89(83-104-91(96)77-72-67-64-59-60-65-70-75-86(4)5)110-93(98)79-74-68-62-57-54-51-48-45-41-35-32-29-26-23-20-17-14-11-8-3/h86-89,94H,6-85H2,1-5H3,(H,99,100)(H,101,102)/t87-,88-,89-/m1/s1. The zero-order valence-electron chi connectivity index (χ0n) is 73.8. The molecule has 0 fully saturated rings. The number of carbonyl (C=O) groups is 4. The number of rotatable bonds is 93. The Labute approximate surface area is 689 Å². The van der Waals surface area contributed by atoms with Gasteiger partial charge in [0.05, 0.1) is 26.4 Å². The van der Waals surface area contributed by atoms with E-state index < -0.39 is 97.5 Å². The molecule has 0 aliphatic carbocycles. The number of esters is 4. The molecule has 0 saturated carbocycles. The van der Waals surface area contributed by atoms with Gasteiger partial charge >= 0.3 is 39.5 Å². The fraction of sp³-hybridized carbons (Fsp3) is 0.957. The minimum Gasteiger partial charge on any atom is -0.462 e. The third-order valence-corrected chi connectivity index (χ3v) is 23.9. The van der Waals surface area contributed by atoms with E-state index in [1.165, 1.54) is 327 Å². The van der Waals surface area contributed by atoms with E-state index in [-0.39, 0.29) is 25.7 Å². The number of carbonyl (C=O) groups excluding carboxylic acids is 4. The molecule has 0 spiro atoms. The molecule has 0 aromatic heterocycles. The number of phosphoric ester groups is 2. The number of aliphatic hydroxyl groups excluding tert-OH is 1. The maximum Gasteiger partial charge on any atom is 0.472 e. The fourth-order valence-corrected chi connectivity index (χ4v) is 16.3. The lowest BCUT2D eigenvalue weighted by atomic mass is 10.0. The van der Waals surface area contributed by atoms with Crippen LogP contribution in [-0.4, -0.2) is 96.7 Å². The van der Waals surface area contributed by atoms with E-state index in [1.807, 2.05) is 0 Å². The molecule has 2 unspecified atom stereocenters. The van der Waals surface area contributed by atoms with Gasteiger partial charge in [-0.15, -0.1) is 0 Å². The second-order valence-corrected chi connectivity index (χ2v) is 36.8. The van der Waals surface area contributed by atoms with Gasteiger partial charge in [0.25, 0.3) is 0 Å².